The van der Waals surface area contributed by atoms with E-state index in [0.29, 0.717) is 0 Å². The third-order valence-corrected chi connectivity index (χ3v) is 4.24. The molecule has 0 aliphatic heterocycles. The fourth-order valence-electron chi connectivity index (χ4n) is 1.40. The molecule has 0 atom stereocenters. The lowest BCUT2D eigenvalue weighted by Crippen LogP contribution is -2.31. The highest BCUT2D eigenvalue weighted by Crippen LogP contribution is 2.22. The van der Waals surface area contributed by atoms with Crippen molar-refractivity contribution in [3.8, 4) is 0 Å². The number of rotatable bonds is 6. The molecule has 21 heavy (non-hydrogen) atoms. The van der Waals surface area contributed by atoms with E-state index in [4.69, 9.17) is 11.6 Å². The van der Waals surface area contributed by atoms with Crippen molar-refractivity contribution in [3.05, 3.63) is 28.8 Å². The van der Waals surface area contributed by atoms with Crippen molar-refractivity contribution in [1.82, 2.24) is 4.72 Å². The second kappa shape index (κ2) is 7.39. The molecule has 0 saturated carbocycles. The van der Waals surface area contributed by atoms with E-state index in [9.17, 15) is 18.0 Å². The lowest BCUT2D eigenvalue weighted by Gasteiger charge is -2.09. The Kier molecular flexibility index (Phi) is 6.13. The van der Waals surface area contributed by atoms with Gasteiger partial charge >= 0.3 is 11.9 Å². The van der Waals surface area contributed by atoms with Crippen LogP contribution in [0.3, 0.4) is 0 Å². The molecular weight excluding hydrogens is 322 g/mol. The first-order valence-electron chi connectivity index (χ1n) is 5.85. The molecule has 0 spiro atoms. The lowest BCUT2D eigenvalue weighted by atomic mass is 10.2. The van der Waals surface area contributed by atoms with Gasteiger partial charge in [-0.25, -0.2) is 13.2 Å². The van der Waals surface area contributed by atoms with Gasteiger partial charge in [0, 0.05) is 0 Å². The molecule has 0 bridgehead atoms. The first-order valence-corrected chi connectivity index (χ1v) is 7.71. The van der Waals surface area contributed by atoms with E-state index < -0.39 is 28.5 Å². The molecule has 0 saturated heterocycles. The zero-order valence-corrected chi connectivity index (χ0v) is 13.0. The Bertz CT molecular complexity index is 643. The van der Waals surface area contributed by atoms with E-state index in [2.05, 4.69) is 9.47 Å². The summed E-state index contributed by atoms with van der Waals surface area (Å²) < 4.78 is 35.3. The highest BCUT2D eigenvalue weighted by Gasteiger charge is 2.21. The average molecular weight is 336 g/mol. The van der Waals surface area contributed by atoms with E-state index in [1.165, 1.54) is 19.2 Å². The summed E-state index contributed by atoms with van der Waals surface area (Å²) in [6, 6.07) is 3.66. The van der Waals surface area contributed by atoms with Gasteiger partial charge in [0.25, 0.3) is 0 Å². The lowest BCUT2D eigenvalue weighted by molar-refractivity contribution is -0.141. The molecule has 1 aromatic carbocycles. The van der Waals surface area contributed by atoms with Gasteiger partial charge in [-0.3, -0.25) is 4.79 Å². The fraction of sp³-hybridized carbons (Fsp3) is 0.333. The summed E-state index contributed by atoms with van der Waals surface area (Å²) in [6.07, 6.45) is 0. The number of nitrogens with one attached hydrogen (secondary N) is 1. The molecule has 1 aromatic rings. The summed E-state index contributed by atoms with van der Waals surface area (Å²) in [5.74, 6) is -1.42. The zero-order chi connectivity index (χ0) is 16.0. The van der Waals surface area contributed by atoms with Crippen LogP contribution in [0.2, 0.25) is 5.02 Å². The van der Waals surface area contributed by atoms with Crippen LogP contribution in [-0.2, 0) is 24.3 Å². The van der Waals surface area contributed by atoms with Gasteiger partial charge < -0.3 is 9.47 Å². The normalized spacial score (nSPS) is 11.0. The van der Waals surface area contributed by atoms with Crippen LogP contribution in [0.15, 0.2) is 23.1 Å². The molecule has 7 nitrogen and oxygen atoms in total. The monoisotopic (exact) mass is 335 g/mol. The molecule has 0 amide bonds. The second-order valence-electron chi connectivity index (χ2n) is 3.77. The van der Waals surface area contributed by atoms with Crippen LogP contribution in [0.5, 0.6) is 0 Å². The maximum atomic E-state index is 12.1. The van der Waals surface area contributed by atoms with E-state index in [1.807, 2.05) is 4.72 Å². The van der Waals surface area contributed by atoms with Crippen molar-refractivity contribution < 1.29 is 27.5 Å². The molecule has 0 heterocycles. The Balaban J connectivity index is 3.02. The van der Waals surface area contributed by atoms with Gasteiger partial charge in [-0.05, 0) is 25.1 Å². The number of benzene rings is 1. The predicted molar refractivity (Wildman–Crippen MR) is 74.6 cm³/mol. The zero-order valence-electron chi connectivity index (χ0n) is 11.4. The molecule has 0 fully saturated rings. The number of carbonyl (C=O) groups excluding carboxylic acids is 2. The largest absolute Gasteiger partial charge is 0.465 e. The Morgan fingerprint density at radius 1 is 1.33 bits per heavy atom. The quantitative estimate of drug-likeness (QED) is 0.778. The van der Waals surface area contributed by atoms with Crippen molar-refractivity contribution in [2.24, 2.45) is 0 Å². The van der Waals surface area contributed by atoms with Crippen LogP contribution in [0.25, 0.3) is 0 Å². The van der Waals surface area contributed by atoms with Crippen molar-refractivity contribution in [2.75, 3.05) is 20.3 Å². The molecule has 0 aliphatic rings. The van der Waals surface area contributed by atoms with Crippen molar-refractivity contribution >= 4 is 33.6 Å². The number of halogens is 1. The third kappa shape index (κ3) is 4.69. The first-order chi connectivity index (χ1) is 9.81. The number of ether oxygens (including phenoxy) is 2. The van der Waals surface area contributed by atoms with Gasteiger partial charge in [0.05, 0.1) is 24.3 Å². The number of hydrogen-bond donors (Lipinski definition) is 1. The van der Waals surface area contributed by atoms with Gasteiger partial charge in [0.15, 0.2) is 0 Å². The predicted octanol–water partition coefficient (Wildman–Crippen LogP) is 0.968. The number of hydrogen-bond acceptors (Lipinski definition) is 6. The van der Waals surface area contributed by atoms with Gasteiger partial charge in [-0.1, -0.05) is 11.6 Å². The molecular formula is C12H14ClNO6S. The molecule has 9 heteroatoms. The number of sulfonamides is 1. The smallest absolute Gasteiger partial charge is 0.337 e. The Labute approximate surface area is 127 Å². The van der Waals surface area contributed by atoms with Gasteiger partial charge in [0.1, 0.15) is 11.4 Å². The molecule has 0 aliphatic carbocycles. The number of esters is 2. The third-order valence-electron chi connectivity index (χ3n) is 2.35. The summed E-state index contributed by atoms with van der Waals surface area (Å²) in [7, 11) is -2.89. The van der Waals surface area contributed by atoms with Crippen LogP contribution >= 0.6 is 11.6 Å². The van der Waals surface area contributed by atoms with E-state index in [0.717, 1.165) is 6.07 Å². The van der Waals surface area contributed by atoms with Crippen LogP contribution in [0.1, 0.15) is 17.3 Å². The summed E-state index contributed by atoms with van der Waals surface area (Å²) in [5.41, 5.74) is 0.0263. The summed E-state index contributed by atoms with van der Waals surface area (Å²) in [6.45, 7) is 1.21. The highest BCUT2D eigenvalue weighted by atomic mass is 35.5. The summed E-state index contributed by atoms with van der Waals surface area (Å²) in [4.78, 5) is 22.2. The van der Waals surface area contributed by atoms with Gasteiger partial charge in [-0.2, -0.15) is 4.72 Å². The molecule has 0 radical (unpaired) electrons. The Hall–Kier alpha value is -1.64. The molecule has 1 N–H and O–H groups in total. The topological polar surface area (TPSA) is 98.8 Å². The molecule has 0 aromatic heterocycles. The van der Waals surface area contributed by atoms with Gasteiger partial charge in [-0.15, -0.1) is 0 Å². The molecule has 0 unspecified atom stereocenters. The fourth-order valence-corrected chi connectivity index (χ4v) is 2.89. The average Bonchev–Trinajstić information content (AvgIpc) is 2.45. The summed E-state index contributed by atoms with van der Waals surface area (Å²) in [5, 5.41) is -0.0842. The van der Waals surface area contributed by atoms with E-state index in [-0.39, 0.29) is 22.1 Å². The minimum Gasteiger partial charge on any atom is -0.465 e. The SMILES string of the molecule is CCOC(=O)CNS(=O)(=O)c1cc(C(=O)OC)ccc1Cl. The minimum absolute atomic E-state index is 0.0263. The first kappa shape index (κ1) is 17.4. The van der Waals surface area contributed by atoms with Crippen molar-refractivity contribution in [3.63, 3.8) is 0 Å². The van der Waals surface area contributed by atoms with Gasteiger partial charge in [0.2, 0.25) is 10.0 Å². The van der Waals surface area contributed by atoms with Crippen LogP contribution in [-0.4, -0.2) is 40.6 Å². The van der Waals surface area contributed by atoms with Crippen LogP contribution in [0.4, 0.5) is 0 Å². The number of methoxy groups -OCH3 is 1. The standard InChI is InChI=1S/C12H14ClNO6S/c1-3-20-11(15)7-14-21(17,18)10-6-8(12(16)19-2)4-5-9(10)13/h4-6,14H,3,7H2,1-2H3. The van der Waals surface area contributed by atoms with Crippen LogP contribution < -0.4 is 4.72 Å². The Morgan fingerprint density at radius 2 is 2.00 bits per heavy atom. The van der Waals surface area contributed by atoms with E-state index >= 15 is 0 Å². The molecule has 116 valence electrons. The second-order valence-corrected chi connectivity index (χ2v) is 5.91. The highest BCUT2D eigenvalue weighted by molar-refractivity contribution is 7.89. The summed E-state index contributed by atoms with van der Waals surface area (Å²) >= 11 is 5.82. The minimum atomic E-state index is -4.06. The molecule has 1 rings (SSSR count). The van der Waals surface area contributed by atoms with E-state index in [1.54, 1.807) is 6.92 Å². The number of carbonyl (C=O) groups is 2. The van der Waals surface area contributed by atoms with Crippen molar-refractivity contribution in [1.29, 1.82) is 0 Å². The maximum absolute atomic E-state index is 12.1. The maximum Gasteiger partial charge on any atom is 0.337 e. The Morgan fingerprint density at radius 3 is 2.57 bits per heavy atom. The van der Waals surface area contributed by atoms with Crippen LogP contribution in [0, 0.1) is 0 Å². The van der Waals surface area contributed by atoms with Crippen molar-refractivity contribution in [2.45, 2.75) is 11.8 Å².